The molecule has 1 amide bonds. The summed E-state index contributed by atoms with van der Waals surface area (Å²) in [5.41, 5.74) is 1.29. The number of fused-ring (bicyclic) bond motifs is 3. The summed E-state index contributed by atoms with van der Waals surface area (Å²) in [6.45, 7) is -0.197. The van der Waals surface area contributed by atoms with Crippen LogP contribution in [0.1, 0.15) is 0 Å². The van der Waals surface area contributed by atoms with Crippen molar-refractivity contribution in [2.24, 2.45) is 0 Å². The largest absolute Gasteiger partial charge is 0.352 e. The quantitative estimate of drug-likeness (QED) is 0.613. The number of aromatic nitrogens is 4. The van der Waals surface area contributed by atoms with Gasteiger partial charge in [-0.1, -0.05) is 29.8 Å². The Morgan fingerprint density at radius 1 is 1.16 bits per heavy atom. The molecule has 4 aromatic rings. The Labute approximate surface area is 146 Å². The van der Waals surface area contributed by atoms with Gasteiger partial charge in [0.25, 0.3) is 0 Å². The lowest BCUT2D eigenvalue weighted by molar-refractivity contribution is -0.117. The van der Waals surface area contributed by atoms with Crippen molar-refractivity contribution in [3.8, 4) is 0 Å². The topological polar surface area (TPSA) is 81.3 Å². The van der Waals surface area contributed by atoms with Gasteiger partial charge in [0.15, 0.2) is 5.65 Å². The van der Waals surface area contributed by atoms with Crippen molar-refractivity contribution in [1.82, 2.24) is 19.2 Å². The highest BCUT2D eigenvalue weighted by atomic mass is 35.5. The lowest BCUT2D eigenvalue weighted by Crippen LogP contribution is -2.28. The van der Waals surface area contributed by atoms with Gasteiger partial charge in [0, 0.05) is 16.1 Å². The lowest BCUT2D eigenvalue weighted by Gasteiger charge is -2.03. The fourth-order valence-electron chi connectivity index (χ4n) is 2.59. The minimum Gasteiger partial charge on any atom is -0.324 e. The molecule has 0 aliphatic rings. The Hall–Kier alpha value is -3.19. The number of benzene rings is 2. The first-order valence-electron chi connectivity index (χ1n) is 7.50. The third kappa shape index (κ3) is 2.85. The van der Waals surface area contributed by atoms with E-state index in [9.17, 15) is 9.59 Å². The molecule has 0 saturated carbocycles. The second kappa shape index (κ2) is 6.03. The smallest absolute Gasteiger partial charge is 0.324 e. The molecule has 0 unspecified atom stereocenters. The molecule has 8 heteroatoms. The monoisotopic (exact) mass is 353 g/mol. The summed E-state index contributed by atoms with van der Waals surface area (Å²) in [6, 6.07) is 14.2. The molecule has 0 aliphatic heterocycles. The van der Waals surface area contributed by atoms with E-state index in [1.807, 2.05) is 18.2 Å². The van der Waals surface area contributed by atoms with Crippen molar-refractivity contribution in [2.45, 2.75) is 6.54 Å². The first-order chi connectivity index (χ1) is 12.1. The number of nitrogens with one attached hydrogen (secondary N) is 1. The molecule has 1 N–H and O–H groups in total. The van der Waals surface area contributed by atoms with Crippen LogP contribution in [0.25, 0.3) is 16.6 Å². The number of hydrogen-bond donors (Lipinski definition) is 1. The lowest BCUT2D eigenvalue weighted by atomic mass is 10.2. The molecule has 0 radical (unpaired) electrons. The van der Waals surface area contributed by atoms with Gasteiger partial charge in [-0.05, 0) is 30.3 Å². The fourth-order valence-corrected chi connectivity index (χ4v) is 2.76. The summed E-state index contributed by atoms with van der Waals surface area (Å²) in [4.78, 5) is 28.8. The molecule has 2 heterocycles. The molecule has 124 valence electrons. The molecule has 2 aromatic carbocycles. The normalized spacial score (nSPS) is 11.1. The molecule has 7 nitrogen and oxygen atoms in total. The van der Waals surface area contributed by atoms with Gasteiger partial charge in [-0.2, -0.15) is 0 Å². The van der Waals surface area contributed by atoms with Crippen molar-refractivity contribution in [1.29, 1.82) is 0 Å². The summed E-state index contributed by atoms with van der Waals surface area (Å²) in [7, 11) is 0. The van der Waals surface area contributed by atoms with Crippen molar-refractivity contribution < 1.29 is 4.79 Å². The SMILES string of the molecule is O=C(Cn1nc2c3cc(Cl)ccc3ncn2c1=O)Nc1ccccc1. The van der Waals surface area contributed by atoms with Crippen LogP contribution in [-0.4, -0.2) is 25.1 Å². The molecule has 25 heavy (non-hydrogen) atoms. The summed E-state index contributed by atoms with van der Waals surface area (Å²) < 4.78 is 2.41. The average Bonchev–Trinajstić information content (AvgIpc) is 2.92. The minimum atomic E-state index is -0.437. The number of rotatable bonds is 3. The number of amides is 1. The Morgan fingerprint density at radius 3 is 2.76 bits per heavy atom. The van der Waals surface area contributed by atoms with E-state index in [0.29, 0.717) is 27.3 Å². The third-order valence-electron chi connectivity index (χ3n) is 3.73. The molecule has 0 bridgehead atoms. The predicted molar refractivity (Wildman–Crippen MR) is 94.8 cm³/mol. The number of anilines is 1. The first-order valence-corrected chi connectivity index (χ1v) is 7.88. The number of para-hydroxylation sites is 1. The molecule has 0 atom stereocenters. The number of nitrogens with zero attached hydrogens (tertiary/aromatic N) is 4. The maximum Gasteiger partial charge on any atom is 0.352 e. The Balaban J connectivity index is 1.71. The van der Waals surface area contributed by atoms with Crippen molar-refractivity contribution >= 4 is 39.7 Å². The van der Waals surface area contributed by atoms with Gasteiger partial charge in [0.2, 0.25) is 5.91 Å². The van der Waals surface area contributed by atoms with Crippen LogP contribution in [0.3, 0.4) is 0 Å². The zero-order valence-electron chi connectivity index (χ0n) is 12.9. The molecule has 0 spiro atoms. The predicted octanol–water partition coefficient (Wildman–Crippen LogP) is 2.34. The highest BCUT2D eigenvalue weighted by molar-refractivity contribution is 6.31. The number of halogens is 1. The number of hydrogen-bond acceptors (Lipinski definition) is 4. The molecular formula is C17H12ClN5O2. The standard InChI is InChI=1S/C17H12ClN5O2/c18-11-6-7-14-13(8-11)16-21-23(17(25)22(16)10-19-14)9-15(24)20-12-4-2-1-3-5-12/h1-8,10H,9H2,(H,20,24). The summed E-state index contributed by atoms with van der Waals surface area (Å²) in [5.74, 6) is -0.341. The zero-order valence-corrected chi connectivity index (χ0v) is 13.6. The number of carbonyl (C=O) groups is 1. The highest BCUT2D eigenvalue weighted by Crippen LogP contribution is 2.20. The first kappa shape index (κ1) is 15.3. The van der Waals surface area contributed by atoms with Gasteiger partial charge >= 0.3 is 5.69 Å². The van der Waals surface area contributed by atoms with E-state index in [0.717, 1.165) is 4.68 Å². The van der Waals surface area contributed by atoms with Crippen molar-refractivity contribution in [3.05, 3.63) is 70.4 Å². The Bertz CT molecular complexity index is 1150. The van der Waals surface area contributed by atoms with Gasteiger partial charge < -0.3 is 5.32 Å². The van der Waals surface area contributed by atoms with E-state index in [4.69, 9.17) is 11.6 Å². The Morgan fingerprint density at radius 2 is 1.96 bits per heavy atom. The van der Waals surface area contributed by atoms with Gasteiger partial charge in [-0.25, -0.2) is 18.9 Å². The van der Waals surface area contributed by atoms with Crippen LogP contribution in [0.15, 0.2) is 59.7 Å². The minimum absolute atomic E-state index is 0.197. The van der Waals surface area contributed by atoms with Gasteiger partial charge in [-0.15, -0.1) is 5.10 Å². The number of carbonyl (C=O) groups excluding carboxylic acids is 1. The zero-order chi connectivity index (χ0) is 17.4. The van der Waals surface area contributed by atoms with Gasteiger partial charge in [0.1, 0.15) is 12.9 Å². The Kier molecular flexibility index (Phi) is 3.70. The van der Waals surface area contributed by atoms with Crippen LogP contribution >= 0.6 is 11.6 Å². The van der Waals surface area contributed by atoms with Crippen molar-refractivity contribution in [2.75, 3.05) is 5.32 Å². The van der Waals surface area contributed by atoms with Crippen LogP contribution in [0.5, 0.6) is 0 Å². The van der Waals surface area contributed by atoms with Gasteiger partial charge in [0.05, 0.1) is 5.52 Å². The maximum absolute atomic E-state index is 12.5. The van der Waals surface area contributed by atoms with E-state index >= 15 is 0 Å². The van der Waals surface area contributed by atoms with E-state index < -0.39 is 5.69 Å². The van der Waals surface area contributed by atoms with E-state index in [1.54, 1.807) is 30.3 Å². The molecule has 0 aliphatic carbocycles. The third-order valence-corrected chi connectivity index (χ3v) is 3.97. The average molecular weight is 354 g/mol. The van der Waals surface area contributed by atoms with Crippen LogP contribution in [0.4, 0.5) is 5.69 Å². The fraction of sp³-hybridized carbons (Fsp3) is 0.0588. The van der Waals surface area contributed by atoms with Crippen LogP contribution in [0, 0.1) is 0 Å². The van der Waals surface area contributed by atoms with E-state index in [1.165, 1.54) is 10.7 Å². The molecular weight excluding hydrogens is 342 g/mol. The van der Waals surface area contributed by atoms with E-state index in [2.05, 4.69) is 15.4 Å². The molecule has 4 rings (SSSR count). The second-order valence-electron chi connectivity index (χ2n) is 5.45. The summed E-state index contributed by atoms with van der Waals surface area (Å²) in [6.07, 6.45) is 1.40. The summed E-state index contributed by atoms with van der Waals surface area (Å²) in [5, 5.41) is 8.16. The maximum atomic E-state index is 12.5. The summed E-state index contributed by atoms with van der Waals surface area (Å²) >= 11 is 6.03. The van der Waals surface area contributed by atoms with E-state index in [-0.39, 0.29) is 12.5 Å². The van der Waals surface area contributed by atoms with Gasteiger partial charge in [-0.3, -0.25) is 4.79 Å². The molecule has 2 aromatic heterocycles. The van der Waals surface area contributed by atoms with Crippen LogP contribution in [0.2, 0.25) is 5.02 Å². The molecule has 0 saturated heterocycles. The molecule has 0 fully saturated rings. The van der Waals surface area contributed by atoms with Crippen molar-refractivity contribution in [3.63, 3.8) is 0 Å². The van der Waals surface area contributed by atoms with Crippen LogP contribution < -0.4 is 11.0 Å². The highest BCUT2D eigenvalue weighted by Gasteiger charge is 2.14. The second-order valence-corrected chi connectivity index (χ2v) is 5.89. The van der Waals surface area contributed by atoms with Crippen LogP contribution in [-0.2, 0) is 11.3 Å².